The molecule has 2 aromatic rings. The zero-order valence-electron chi connectivity index (χ0n) is 13.8. The molecule has 0 N–H and O–H groups in total. The normalized spacial score (nSPS) is 18.5. The summed E-state index contributed by atoms with van der Waals surface area (Å²) in [6, 6.07) is 16.0. The molecule has 1 aliphatic rings. The predicted molar refractivity (Wildman–Crippen MR) is 93.5 cm³/mol. The van der Waals surface area contributed by atoms with Gasteiger partial charge in [-0.1, -0.05) is 36.4 Å². The van der Waals surface area contributed by atoms with E-state index in [9.17, 15) is 23.3 Å². The Kier molecular flexibility index (Phi) is 5.01. The van der Waals surface area contributed by atoms with Gasteiger partial charge in [-0.25, -0.2) is 8.42 Å². The number of piperazine rings is 1. The van der Waals surface area contributed by atoms with Crippen molar-refractivity contribution in [3.05, 3.63) is 76.3 Å². The van der Waals surface area contributed by atoms with E-state index in [2.05, 4.69) is 0 Å². The topological polar surface area (TPSA) is 101 Å². The van der Waals surface area contributed by atoms with E-state index in [1.165, 1.54) is 17.0 Å². The van der Waals surface area contributed by atoms with Crippen molar-refractivity contribution in [1.82, 2.24) is 9.21 Å². The fourth-order valence-electron chi connectivity index (χ4n) is 2.88. The monoisotopic (exact) mass is 375 g/mol. The number of hydrogen-bond donors (Lipinski definition) is 0. The Bertz CT molecular complexity index is 903. The van der Waals surface area contributed by atoms with E-state index < -0.39 is 21.1 Å². The molecule has 1 heterocycles. The van der Waals surface area contributed by atoms with Crippen molar-refractivity contribution in [3.8, 4) is 0 Å². The third kappa shape index (κ3) is 3.44. The lowest BCUT2D eigenvalue weighted by Gasteiger charge is -2.35. The van der Waals surface area contributed by atoms with Crippen molar-refractivity contribution in [2.24, 2.45) is 0 Å². The molecule has 1 atom stereocenters. The van der Waals surface area contributed by atoms with Crippen LogP contribution in [0.5, 0.6) is 0 Å². The molecule has 9 heteroatoms. The van der Waals surface area contributed by atoms with Crippen LogP contribution in [0.1, 0.15) is 10.4 Å². The number of rotatable bonds is 4. The number of benzene rings is 2. The first-order valence-electron chi connectivity index (χ1n) is 7.96. The number of carbonyl (C=O) groups excluding carboxylic acids is 1. The number of nitro groups is 1. The van der Waals surface area contributed by atoms with Crippen LogP contribution in [0.2, 0.25) is 0 Å². The standard InChI is InChI=1S/C17H17N3O5S/c21-17(14-7-3-1-4-8-14)18-11-12-19(16(13-18)20(22)23)26(24,25)15-9-5-2-6-10-15/h1-10,16H,11-13H2. The average Bonchev–Trinajstić information content (AvgIpc) is 2.68. The molecule has 0 aliphatic carbocycles. The van der Waals surface area contributed by atoms with Gasteiger partial charge >= 0.3 is 0 Å². The van der Waals surface area contributed by atoms with Gasteiger partial charge in [-0.3, -0.25) is 14.9 Å². The fraction of sp³-hybridized carbons (Fsp3) is 0.235. The lowest BCUT2D eigenvalue weighted by atomic mass is 10.2. The summed E-state index contributed by atoms with van der Waals surface area (Å²) in [4.78, 5) is 24.7. The molecule has 0 aromatic heterocycles. The molecule has 1 unspecified atom stereocenters. The molecule has 3 rings (SSSR count). The van der Waals surface area contributed by atoms with Gasteiger partial charge in [0, 0.05) is 23.6 Å². The van der Waals surface area contributed by atoms with E-state index in [0.29, 0.717) is 5.56 Å². The highest BCUT2D eigenvalue weighted by atomic mass is 32.2. The summed E-state index contributed by atoms with van der Waals surface area (Å²) < 4.78 is 26.4. The molecule has 2 aromatic carbocycles. The molecule has 0 bridgehead atoms. The third-order valence-electron chi connectivity index (χ3n) is 4.21. The zero-order chi connectivity index (χ0) is 18.7. The molecule has 136 valence electrons. The van der Waals surface area contributed by atoms with Crippen molar-refractivity contribution < 1.29 is 18.1 Å². The number of nitrogens with zero attached hydrogens (tertiary/aromatic N) is 3. The van der Waals surface area contributed by atoms with Crippen molar-refractivity contribution in [1.29, 1.82) is 0 Å². The van der Waals surface area contributed by atoms with Crippen LogP contribution in [-0.4, -0.2) is 54.3 Å². The van der Waals surface area contributed by atoms with Gasteiger partial charge in [0.2, 0.25) is 10.0 Å². The second-order valence-electron chi connectivity index (χ2n) is 5.81. The van der Waals surface area contributed by atoms with Gasteiger partial charge in [0.1, 0.15) is 6.54 Å². The van der Waals surface area contributed by atoms with Crippen LogP contribution in [-0.2, 0) is 10.0 Å². The Morgan fingerprint density at radius 1 is 1.00 bits per heavy atom. The summed E-state index contributed by atoms with van der Waals surface area (Å²) in [5.74, 6) is -0.353. The molecule has 0 spiro atoms. The highest BCUT2D eigenvalue weighted by Crippen LogP contribution is 2.22. The van der Waals surface area contributed by atoms with E-state index in [1.54, 1.807) is 48.5 Å². The molecule has 0 saturated carbocycles. The molecule has 8 nitrogen and oxygen atoms in total. The molecular weight excluding hydrogens is 358 g/mol. The molecule has 26 heavy (non-hydrogen) atoms. The summed E-state index contributed by atoms with van der Waals surface area (Å²) in [6.45, 7) is -0.349. The van der Waals surface area contributed by atoms with Crippen LogP contribution in [0.15, 0.2) is 65.6 Å². The van der Waals surface area contributed by atoms with Crippen LogP contribution >= 0.6 is 0 Å². The highest BCUT2D eigenvalue weighted by molar-refractivity contribution is 7.89. The van der Waals surface area contributed by atoms with Crippen molar-refractivity contribution in [3.63, 3.8) is 0 Å². The third-order valence-corrected chi connectivity index (χ3v) is 6.12. The minimum atomic E-state index is -4.02. The van der Waals surface area contributed by atoms with Gasteiger partial charge in [0.15, 0.2) is 0 Å². The van der Waals surface area contributed by atoms with Crippen molar-refractivity contribution in [2.45, 2.75) is 11.1 Å². The maximum Gasteiger partial charge on any atom is 0.298 e. The highest BCUT2D eigenvalue weighted by Gasteiger charge is 2.44. The minimum absolute atomic E-state index is 0.00492. The van der Waals surface area contributed by atoms with Crippen LogP contribution in [0, 0.1) is 10.1 Å². The Hall–Kier alpha value is -2.78. The van der Waals surface area contributed by atoms with E-state index >= 15 is 0 Å². The van der Waals surface area contributed by atoms with Gasteiger partial charge < -0.3 is 4.90 Å². The molecular formula is C17H17N3O5S. The van der Waals surface area contributed by atoms with Crippen LogP contribution in [0.3, 0.4) is 0 Å². The molecule has 0 radical (unpaired) electrons. The summed E-state index contributed by atoms with van der Waals surface area (Å²) in [7, 11) is -4.02. The van der Waals surface area contributed by atoms with E-state index in [4.69, 9.17) is 0 Å². The van der Waals surface area contributed by atoms with E-state index in [0.717, 1.165) is 4.31 Å². The number of amides is 1. The minimum Gasteiger partial charge on any atom is -0.329 e. The maximum atomic E-state index is 12.8. The number of sulfonamides is 1. The van der Waals surface area contributed by atoms with Gasteiger partial charge in [0.25, 0.3) is 12.1 Å². The Labute approximate surface area is 150 Å². The lowest BCUT2D eigenvalue weighted by Crippen LogP contribution is -2.59. The largest absolute Gasteiger partial charge is 0.329 e. The van der Waals surface area contributed by atoms with Crippen molar-refractivity contribution in [2.75, 3.05) is 19.6 Å². The van der Waals surface area contributed by atoms with Crippen LogP contribution in [0.4, 0.5) is 0 Å². The van der Waals surface area contributed by atoms with Gasteiger partial charge in [-0.2, -0.15) is 0 Å². The predicted octanol–water partition coefficient (Wildman–Crippen LogP) is 1.44. The first-order chi connectivity index (χ1) is 12.4. The Balaban J connectivity index is 1.86. The fourth-order valence-corrected chi connectivity index (χ4v) is 4.43. The van der Waals surface area contributed by atoms with Crippen LogP contribution in [0.25, 0.3) is 0 Å². The van der Waals surface area contributed by atoms with Crippen molar-refractivity contribution >= 4 is 15.9 Å². The first-order valence-corrected chi connectivity index (χ1v) is 9.40. The van der Waals surface area contributed by atoms with E-state index in [-0.39, 0.29) is 30.4 Å². The first kappa shape index (κ1) is 18.0. The molecule has 1 saturated heterocycles. The van der Waals surface area contributed by atoms with Gasteiger partial charge in [-0.05, 0) is 24.3 Å². The second-order valence-corrected chi connectivity index (χ2v) is 7.70. The summed E-state index contributed by atoms with van der Waals surface area (Å²) in [5, 5.41) is 11.5. The summed E-state index contributed by atoms with van der Waals surface area (Å²) >= 11 is 0. The summed E-state index contributed by atoms with van der Waals surface area (Å²) in [5.41, 5.74) is 0.411. The number of carbonyl (C=O) groups is 1. The zero-order valence-corrected chi connectivity index (χ0v) is 14.6. The average molecular weight is 375 g/mol. The molecule has 1 amide bonds. The van der Waals surface area contributed by atoms with Gasteiger partial charge in [0.05, 0.1) is 4.90 Å². The smallest absolute Gasteiger partial charge is 0.298 e. The maximum absolute atomic E-state index is 12.8. The van der Waals surface area contributed by atoms with Gasteiger partial charge in [-0.15, -0.1) is 4.31 Å². The SMILES string of the molecule is O=C(c1ccccc1)N1CCN(S(=O)(=O)c2ccccc2)C([N+](=O)[O-])C1. The Morgan fingerprint density at radius 2 is 1.58 bits per heavy atom. The van der Waals surface area contributed by atoms with Crippen LogP contribution < -0.4 is 0 Å². The second kappa shape index (κ2) is 7.22. The quantitative estimate of drug-likeness (QED) is 0.594. The lowest BCUT2D eigenvalue weighted by molar-refractivity contribution is -0.545. The Morgan fingerprint density at radius 3 is 2.15 bits per heavy atom. The molecule has 1 aliphatic heterocycles. The molecule has 1 fully saturated rings. The summed E-state index contributed by atoms with van der Waals surface area (Å²) in [6.07, 6.45) is -1.53. The van der Waals surface area contributed by atoms with E-state index in [1.807, 2.05) is 0 Å². The number of hydrogen-bond acceptors (Lipinski definition) is 5.